The Hall–Kier alpha value is -2.14. The fourth-order valence-corrected chi connectivity index (χ4v) is 2.55. The van der Waals surface area contributed by atoms with Crippen LogP contribution in [0.3, 0.4) is 0 Å². The zero-order valence-corrected chi connectivity index (χ0v) is 12.3. The van der Waals surface area contributed by atoms with Crippen molar-refractivity contribution in [3.63, 3.8) is 0 Å². The Morgan fingerprint density at radius 1 is 1.30 bits per heavy atom. The molecule has 104 valence electrons. The van der Waals surface area contributed by atoms with Crippen LogP contribution in [0.1, 0.15) is 31.4 Å². The molecule has 5 heteroatoms. The van der Waals surface area contributed by atoms with E-state index in [9.17, 15) is 9.90 Å². The van der Waals surface area contributed by atoms with Crippen LogP contribution in [0, 0.1) is 13.8 Å². The molecule has 2 rings (SSSR count). The minimum atomic E-state index is -0.376. The van der Waals surface area contributed by atoms with Gasteiger partial charge in [0.2, 0.25) is 0 Å². The molecule has 0 bridgehead atoms. The largest absolute Gasteiger partial charge is 0.507 e. The number of hydrogen-bond acceptors (Lipinski definition) is 5. The van der Waals surface area contributed by atoms with Crippen LogP contribution in [0.2, 0.25) is 0 Å². The molecule has 1 aromatic carbocycles. The second kappa shape index (κ2) is 5.88. The molecule has 1 aromatic heterocycles. The molecule has 0 fully saturated rings. The van der Waals surface area contributed by atoms with Crippen molar-refractivity contribution in [1.82, 2.24) is 4.98 Å². The van der Waals surface area contributed by atoms with Gasteiger partial charge in [0.1, 0.15) is 15.6 Å². The van der Waals surface area contributed by atoms with Crippen molar-refractivity contribution < 1.29 is 14.6 Å². The van der Waals surface area contributed by atoms with Gasteiger partial charge in [-0.2, -0.15) is 0 Å². The van der Waals surface area contributed by atoms with Gasteiger partial charge in [-0.15, -0.1) is 11.3 Å². The van der Waals surface area contributed by atoms with Crippen molar-refractivity contribution in [3.05, 3.63) is 44.9 Å². The van der Waals surface area contributed by atoms with Crippen LogP contribution in [0.4, 0.5) is 0 Å². The van der Waals surface area contributed by atoms with Crippen LogP contribution < -0.4 is 0 Å². The monoisotopic (exact) mass is 289 g/mol. The van der Waals surface area contributed by atoms with Crippen molar-refractivity contribution in [2.45, 2.75) is 13.8 Å². The number of carbonyl (C=O) groups is 1. The van der Waals surface area contributed by atoms with Crippen molar-refractivity contribution in [1.29, 1.82) is 0 Å². The molecule has 20 heavy (non-hydrogen) atoms. The third-order valence-electron chi connectivity index (χ3n) is 2.84. The highest BCUT2D eigenvalue weighted by Gasteiger charge is 2.08. The Kier molecular flexibility index (Phi) is 4.20. The minimum Gasteiger partial charge on any atom is -0.507 e. The number of benzene rings is 1. The lowest BCUT2D eigenvalue weighted by molar-refractivity contribution is 0.0606. The maximum absolute atomic E-state index is 11.3. The fourth-order valence-electron chi connectivity index (χ4n) is 1.81. The van der Waals surface area contributed by atoms with E-state index in [0.29, 0.717) is 10.6 Å². The maximum Gasteiger partial charge on any atom is 0.349 e. The average Bonchev–Trinajstić information content (AvgIpc) is 2.90. The first kappa shape index (κ1) is 14.3. The van der Waals surface area contributed by atoms with Crippen molar-refractivity contribution in [2.75, 3.05) is 7.11 Å². The van der Waals surface area contributed by atoms with Gasteiger partial charge in [0.15, 0.2) is 0 Å². The van der Waals surface area contributed by atoms with E-state index < -0.39 is 0 Å². The molecule has 0 saturated heterocycles. The van der Waals surface area contributed by atoms with Crippen molar-refractivity contribution >= 4 is 29.5 Å². The third-order valence-corrected chi connectivity index (χ3v) is 3.78. The van der Waals surface area contributed by atoms with Crippen LogP contribution in [0.5, 0.6) is 5.75 Å². The molecular formula is C15H15NO3S. The standard InChI is InChI=1S/C15H15NO3S/c1-9-6-11(7-10(2)14(9)17)4-5-13-16-8-12(20-13)15(18)19-3/h4-8,17H,1-3H3/b5-4+. The van der Waals surface area contributed by atoms with Crippen LogP contribution in [0.25, 0.3) is 12.2 Å². The van der Waals surface area contributed by atoms with Crippen LogP contribution in [-0.4, -0.2) is 23.2 Å². The second-order valence-corrected chi connectivity index (χ2v) is 5.45. The van der Waals surface area contributed by atoms with Crippen LogP contribution in [0.15, 0.2) is 18.3 Å². The first-order chi connectivity index (χ1) is 9.51. The number of ether oxygens (including phenoxy) is 1. The Bertz CT molecular complexity index is 651. The van der Waals surface area contributed by atoms with Gasteiger partial charge in [-0.25, -0.2) is 9.78 Å². The van der Waals surface area contributed by atoms with Gasteiger partial charge in [-0.05, 0) is 48.7 Å². The third kappa shape index (κ3) is 3.05. The highest BCUT2D eigenvalue weighted by molar-refractivity contribution is 7.14. The average molecular weight is 289 g/mol. The zero-order chi connectivity index (χ0) is 14.7. The van der Waals surface area contributed by atoms with Gasteiger partial charge in [-0.1, -0.05) is 6.08 Å². The van der Waals surface area contributed by atoms with E-state index >= 15 is 0 Å². The number of esters is 1. The molecule has 0 saturated carbocycles. The van der Waals surface area contributed by atoms with E-state index in [1.165, 1.54) is 24.6 Å². The normalized spacial score (nSPS) is 10.9. The van der Waals surface area contributed by atoms with Gasteiger partial charge in [-0.3, -0.25) is 0 Å². The van der Waals surface area contributed by atoms with E-state index in [0.717, 1.165) is 21.7 Å². The summed E-state index contributed by atoms with van der Waals surface area (Å²) in [5, 5.41) is 10.5. The maximum atomic E-state index is 11.3. The number of carbonyl (C=O) groups excluding carboxylic acids is 1. The molecule has 0 atom stereocenters. The van der Waals surface area contributed by atoms with E-state index in [-0.39, 0.29) is 5.97 Å². The van der Waals surface area contributed by atoms with E-state index in [1.807, 2.05) is 38.1 Å². The number of methoxy groups -OCH3 is 1. The number of hydrogen-bond donors (Lipinski definition) is 1. The van der Waals surface area contributed by atoms with Crippen molar-refractivity contribution in [2.24, 2.45) is 0 Å². The van der Waals surface area contributed by atoms with E-state index in [4.69, 9.17) is 0 Å². The first-order valence-electron chi connectivity index (χ1n) is 6.03. The molecule has 0 radical (unpaired) electrons. The number of thiazole rings is 1. The molecule has 4 nitrogen and oxygen atoms in total. The Labute approximate surface area is 121 Å². The summed E-state index contributed by atoms with van der Waals surface area (Å²) in [4.78, 5) is 15.9. The number of aromatic nitrogens is 1. The quantitative estimate of drug-likeness (QED) is 0.879. The molecular weight excluding hydrogens is 274 g/mol. The molecule has 0 unspecified atom stereocenters. The lowest BCUT2D eigenvalue weighted by Crippen LogP contribution is -1.96. The second-order valence-electron chi connectivity index (χ2n) is 4.39. The van der Waals surface area contributed by atoms with Crippen molar-refractivity contribution in [3.8, 4) is 5.75 Å². The summed E-state index contributed by atoms with van der Waals surface area (Å²) in [7, 11) is 1.35. The van der Waals surface area contributed by atoms with E-state index in [1.54, 1.807) is 0 Å². The van der Waals surface area contributed by atoms with E-state index in [2.05, 4.69) is 9.72 Å². The molecule has 0 amide bonds. The molecule has 0 aliphatic carbocycles. The molecule has 2 aromatic rings. The molecule has 0 spiro atoms. The van der Waals surface area contributed by atoms with Crippen LogP contribution in [-0.2, 0) is 4.74 Å². The number of phenols is 1. The van der Waals surface area contributed by atoms with Gasteiger partial charge in [0.25, 0.3) is 0 Å². The fraction of sp³-hybridized carbons (Fsp3) is 0.200. The van der Waals surface area contributed by atoms with Gasteiger partial charge in [0.05, 0.1) is 13.3 Å². The summed E-state index contributed by atoms with van der Waals surface area (Å²) in [5.41, 5.74) is 2.64. The lowest BCUT2D eigenvalue weighted by Gasteiger charge is -2.04. The zero-order valence-electron chi connectivity index (χ0n) is 11.5. The molecule has 1 N–H and O–H groups in total. The topological polar surface area (TPSA) is 59.4 Å². The number of aryl methyl sites for hydroxylation is 2. The number of nitrogens with zero attached hydrogens (tertiary/aromatic N) is 1. The number of phenolic OH excluding ortho intramolecular Hbond substituents is 1. The smallest absolute Gasteiger partial charge is 0.349 e. The molecule has 0 aliphatic heterocycles. The Balaban J connectivity index is 2.21. The van der Waals surface area contributed by atoms with Gasteiger partial charge >= 0.3 is 5.97 Å². The number of aromatic hydroxyl groups is 1. The Morgan fingerprint density at radius 3 is 2.55 bits per heavy atom. The highest BCUT2D eigenvalue weighted by Crippen LogP contribution is 2.24. The highest BCUT2D eigenvalue weighted by atomic mass is 32.1. The Morgan fingerprint density at radius 2 is 1.95 bits per heavy atom. The summed E-state index contributed by atoms with van der Waals surface area (Å²) in [6.07, 6.45) is 5.24. The predicted octanol–water partition coefficient (Wildman–Crippen LogP) is 3.42. The molecule has 1 heterocycles. The summed E-state index contributed by atoms with van der Waals surface area (Å²) in [6, 6.07) is 3.79. The summed E-state index contributed by atoms with van der Waals surface area (Å²) >= 11 is 1.27. The van der Waals surface area contributed by atoms with Crippen LogP contribution >= 0.6 is 11.3 Å². The summed E-state index contributed by atoms with van der Waals surface area (Å²) in [6.45, 7) is 3.72. The predicted molar refractivity (Wildman–Crippen MR) is 80.0 cm³/mol. The molecule has 0 aliphatic rings. The summed E-state index contributed by atoms with van der Waals surface area (Å²) < 4.78 is 4.64. The first-order valence-corrected chi connectivity index (χ1v) is 6.85. The SMILES string of the molecule is COC(=O)c1cnc(/C=C/c2cc(C)c(O)c(C)c2)s1. The van der Waals surface area contributed by atoms with Gasteiger partial charge < -0.3 is 9.84 Å². The number of rotatable bonds is 3. The lowest BCUT2D eigenvalue weighted by atomic mass is 10.1. The van der Waals surface area contributed by atoms with Gasteiger partial charge in [0, 0.05) is 0 Å². The summed E-state index contributed by atoms with van der Waals surface area (Å²) in [5.74, 6) is -0.0529. The minimum absolute atomic E-state index is 0.323.